The molecule has 7 nitrogen and oxygen atoms in total. The van der Waals surface area contributed by atoms with E-state index in [2.05, 4.69) is 15.4 Å². The molecule has 0 aliphatic heterocycles. The summed E-state index contributed by atoms with van der Waals surface area (Å²) in [5.41, 5.74) is 0.849. The van der Waals surface area contributed by atoms with Crippen LogP contribution in [-0.4, -0.2) is 49.2 Å². The van der Waals surface area contributed by atoms with Crippen molar-refractivity contribution in [2.75, 3.05) is 19.1 Å². The van der Waals surface area contributed by atoms with Gasteiger partial charge in [-0.05, 0) is 30.9 Å². The molecule has 0 aromatic heterocycles. The number of hydrogen-bond acceptors (Lipinski definition) is 6. The number of carbonyl (C=O) groups is 3. The van der Waals surface area contributed by atoms with Crippen molar-refractivity contribution in [1.82, 2.24) is 10.6 Å². The summed E-state index contributed by atoms with van der Waals surface area (Å²) in [6, 6.07) is 7.65. The molecule has 25 heavy (non-hydrogen) atoms. The van der Waals surface area contributed by atoms with Gasteiger partial charge in [0.05, 0.1) is 7.11 Å². The van der Waals surface area contributed by atoms with Gasteiger partial charge in [-0.3, -0.25) is 4.79 Å². The Kier molecular flexibility index (Phi) is 9.46. The van der Waals surface area contributed by atoms with Crippen LogP contribution in [0.25, 0.3) is 0 Å². The molecule has 2 N–H and O–H groups in total. The fraction of sp³-hybridized carbons (Fsp3) is 0.471. The van der Waals surface area contributed by atoms with Crippen LogP contribution in [0, 0.1) is 0 Å². The maximum Gasteiger partial charge on any atom is 0.408 e. The summed E-state index contributed by atoms with van der Waals surface area (Å²) in [5.74, 6) is -0.337. The number of carbonyl (C=O) groups excluding carboxylic acids is 3. The van der Waals surface area contributed by atoms with Crippen LogP contribution in [0.4, 0.5) is 4.79 Å². The van der Waals surface area contributed by atoms with Crippen molar-refractivity contribution in [3.05, 3.63) is 35.9 Å². The quantitative estimate of drug-likeness (QED) is 0.645. The highest BCUT2D eigenvalue weighted by Gasteiger charge is 2.24. The van der Waals surface area contributed by atoms with Crippen molar-refractivity contribution < 1.29 is 23.9 Å². The van der Waals surface area contributed by atoms with E-state index in [1.807, 2.05) is 36.6 Å². The molecule has 0 fully saturated rings. The molecule has 0 bridgehead atoms. The molecule has 8 heteroatoms. The van der Waals surface area contributed by atoms with Crippen LogP contribution >= 0.6 is 11.8 Å². The summed E-state index contributed by atoms with van der Waals surface area (Å²) in [4.78, 5) is 35.7. The van der Waals surface area contributed by atoms with Crippen molar-refractivity contribution in [1.29, 1.82) is 0 Å². The first kappa shape index (κ1) is 20.8. The molecule has 2 atom stereocenters. The van der Waals surface area contributed by atoms with Gasteiger partial charge in [0.1, 0.15) is 18.7 Å². The van der Waals surface area contributed by atoms with E-state index >= 15 is 0 Å². The van der Waals surface area contributed by atoms with Gasteiger partial charge >= 0.3 is 12.1 Å². The lowest BCUT2D eigenvalue weighted by atomic mass is 10.2. The van der Waals surface area contributed by atoms with Crippen LogP contribution in [0.2, 0.25) is 0 Å². The lowest BCUT2D eigenvalue weighted by Gasteiger charge is -2.20. The Morgan fingerprint density at radius 1 is 1.16 bits per heavy atom. The Morgan fingerprint density at radius 3 is 2.44 bits per heavy atom. The zero-order valence-electron chi connectivity index (χ0n) is 14.6. The molecule has 1 aromatic carbocycles. The van der Waals surface area contributed by atoms with Crippen molar-refractivity contribution in [2.24, 2.45) is 0 Å². The fourth-order valence-corrected chi connectivity index (χ4v) is 2.43. The van der Waals surface area contributed by atoms with Gasteiger partial charge in [0.25, 0.3) is 0 Å². The maximum absolute atomic E-state index is 12.3. The second-order valence-electron chi connectivity index (χ2n) is 5.29. The summed E-state index contributed by atoms with van der Waals surface area (Å²) in [6.07, 6.45) is 1.64. The molecule has 0 heterocycles. The molecule has 1 aromatic rings. The number of thioether (sulfide) groups is 1. The molecular weight excluding hydrogens is 344 g/mol. The Labute approximate surface area is 151 Å². The monoisotopic (exact) mass is 368 g/mol. The van der Waals surface area contributed by atoms with E-state index < -0.39 is 30.1 Å². The Bertz CT molecular complexity index is 567. The predicted octanol–water partition coefficient (Wildman–Crippen LogP) is 1.71. The Balaban J connectivity index is 2.57. The van der Waals surface area contributed by atoms with Gasteiger partial charge in [-0.1, -0.05) is 30.3 Å². The van der Waals surface area contributed by atoms with Gasteiger partial charge in [-0.2, -0.15) is 11.8 Å². The number of esters is 1. The molecule has 0 aliphatic carbocycles. The minimum atomic E-state index is -0.795. The molecular formula is C17H24N2O5S. The second-order valence-corrected chi connectivity index (χ2v) is 6.28. The molecule has 0 radical (unpaired) electrons. The first-order chi connectivity index (χ1) is 12.0. The van der Waals surface area contributed by atoms with E-state index in [-0.39, 0.29) is 6.61 Å². The smallest absolute Gasteiger partial charge is 0.408 e. The van der Waals surface area contributed by atoms with E-state index in [0.717, 1.165) is 5.56 Å². The Hall–Kier alpha value is -2.22. The Morgan fingerprint density at radius 2 is 1.84 bits per heavy atom. The van der Waals surface area contributed by atoms with Crippen LogP contribution in [0.15, 0.2) is 30.3 Å². The molecule has 0 saturated heterocycles. The van der Waals surface area contributed by atoms with Crippen molar-refractivity contribution in [2.45, 2.75) is 32.0 Å². The number of rotatable bonds is 9. The largest absolute Gasteiger partial charge is 0.467 e. The second kappa shape index (κ2) is 11.4. The molecule has 138 valence electrons. The first-order valence-corrected chi connectivity index (χ1v) is 9.21. The first-order valence-electron chi connectivity index (χ1n) is 7.82. The van der Waals surface area contributed by atoms with E-state index in [1.54, 1.807) is 11.8 Å². The van der Waals surface area contributed by atoms with E-state index in [0.29, 0.717) is 12.2 Å². The van der Waals surface area contributed by atoms with Gasteiger partial charge in [0, 0.05) is 0 Å². The number of amides is 2. The molecule has 1 rings (SSSR count). The highest BCUT2D eigenvalue weighted by molar-refractivity contribution is 7.98. The maximum atomic E-state index is 12.3. The van der Waals surface area contributed by atoms with E-state index in [4.69, 9.17) is 4.74 Å². The van der Waals surface area contributed by atoms with Crippen LogP contribution in [0.3, 0.4) is 0 Å². The molecule has 0 spiro atoms. The summed E-state index contributed by atoms with van der Waals surface area (Å²) < 4.78 is 9.71. The van der Waals surface area contributed by atoms with E-state index in [9.17, 15) is 14.4 Å². The third kappa shape index (κ3) is 7.93. The topological polar surface area (TPSA) is 93.7 Å². The molecule has 0 aliphatic rings. The minimum absolute atomic E-state index is 0.113. The highest BCUT2D eigenvalue weighted by Crippen LogP contribution is 2.04. The lowest BCUT2D eigenvalue weighted by molar-refractivity contribution is -0.144. The summed E-state index contributed by atoms with van der Waals surface area (Å²) in [5, 5.41) is 5.07. The number of alkyl carbamates (subject to hydrolysis) is 1. The van der Waals surface area contributed by atoms with Gasteiger partial charge in [-0.25, -0.2) is 9.59 Å². The van der Waals surface area contributed by atoms with E-state index in [1.165, 1.54) is 14.0 Å². The van der Waals surface area contributed by atoms with Gasteiger partial charge < -0.3 is 20.1 Å². The zero-order chi connectivity index (χ0) is 18.7. The molecule has 0 saturated carbocycles. The average molecular weight is 368 g/mol. The third-order valence-electron chi connectivity index (χ3n) is 3.35. The zero-order valence-corrected chi connectivity index (χ0v) is 15.4. The van der Waals surface area contributed by atoms with Crippen LogP contribution in [0.1, 0.15) is 18.9 Å². The number of hydrogen-bond donors (Lipinski definition) is 2. The van der Waals surface area contributed by atoms with Crippen LogP contribution < -0.4 is 10.6 Å². The standard InChI is InChI=1S/C17H24N2O5S/c1-12(16(21)23-2)18-15(20)14(9-10-25-3)19-17(22)24-11-13-7-5-4-6-8-13/h4-8,12,14H,9-11H2,1-3H3,(H,18,20)(H,19,22). The van der Waals surface area contributed by atoms with Gasteiger partial charge in [-0.15, -0.1) is 0 Å². The van der Waals surface area contributed by atoms with Crippen LogP contribution in [-0.2, 0) is 25.7 Å². The SMILES string of the molecule is COC(=O)C(C)NC(=O)C(CCSC)NC(=O)OCc1ccccc1. The predicted molar refractivity (Wildman–Crippen MR) is 96.2 cm³/mol. The summed E-state index contributed by atoms with van der Waals surface area (Å²) in [7, 11) is 1.25. The number of ether oxygens (including phenoxy) is 2. The highest BCUT2D eigenvalue weighted by atomic mass is 32.2. The minimum Gasteiger partial charge on any atom is -0.467 e. The average Bonchev–Trinajstić information content (AvgIpc) is 2.63. The fourth-order valence-electron chi connectivity index (χ4n) is 1.96. The van der Waals surface area contributed by atoms with Crippen LogP contribution in [0.5, 0.6) is 0 Å². The number of methoxy groups -OCH3 is 1. The summed E-state index contributed by atoms with van der Waals surface area (Å²) >= 11 is 1.55. The lowest BCUT2D eigenvalue weighted by Crippen LogP contribution is -2.51. The van der Waals surface area contributed by atoms with Gasteiger partial charge in [0.2, 0.25) is 5.91 Å². The third-order valence-corrected chi connectivity index (χ3v) is 3.99. The molecule has 2 unspecified atom stereocenters. The van der Waals surface area contributed by atoms with Crippen molar-refractivity contribution in [3.8, 4) is 0 Å². The molecule has 2 amide bonds. The van der Waals surface area contributed by atoms with Gasteiger partial charge in [0.15, 0.2) is 0 Å². The normalized spacial score (nSPS) is 12.6. The van der Waals surface area contributed by atoms with Crippen molar-refractivity contribution in [3.63, 3.8) is 0 Å². The summed E-state index contributed by atoms with van der Waals surface area (Å²) in [6.45, 7) is 1.63. The number of nitrogens with one attached hydrogen (secondary N) is 2. The number of benzene rings is 1. The van der Waals surface area contributed by atoms with Crippen molar-refractivity contribution >= 4 is 29.7 Å².